The minimum absolute atomic E-state index is 0.204. The van der Waals surface area contributed by atoms with Gasteiger partial charge in [-0.15, -0.1) is 0 Å². The van der Waals surface area contributed by atoms with Crippen molar-refractivity contribution >= 4 is 22.8 Å². The van der Waals surface area contributed by atoms with Crippen molar-refractivity contribution < 1.29 is 14.0 Å². The molecule has 0 fully saturated rings. The molecule has 9 nitrogen and oxygen atoms in total. The first-order chi connectivity index (χ1) is 15.7. The maximum absolute atomic E-state index is 12.5. The summed E-state index contributed by atoms with van der Waals surface area (Å²) in [6.45, 7) is 0.204. The lowest BCUT2D eigenvalue weighted by molar-refractivity contribution is 0.174. The fourth-order valence-corrected chi connectivity index (χ4v) is 4.19. The van der Waals surface area contributed by atoms with Crippen molar-refractivity contribution in [3.63, 3.8) is 0 Å². The number of H-pyrrole nitrogens is 2. The van der Waals surface area contributed by atoms with Crippen LogP contribution in [0.25, 0.3) is 33.5 Å². The van der Waals surface area contributed by atoms with Gasteiger partial charge in [-0.2, -0.15) is 4.98 Å². The van der Waals surface area contributed by atoms with Crippen LogP contribution in [0.3, 0.4) is 0 Å². The van der Waals surface area contributed by atoms with Crippen LogP contribution in [0.1, 0.15) is 5.89 Å². The second-order valence-electron chi connectivity index (χ2n) is 7.03. The van der Waals surface area contributed by atoms with E-state index in [1.165, 1.54) is 11.8 Å². The molecule has 0 spiro atoms. The summed E-state index contributed by atoms with van der Waals surface area (Å²) in [5.74, 6) is 2.57. The lowest BCUT2D eigenvalue weighted by atomic mass is 10.1. The minimum Gasteiger partial charge on any atom is -0.454 e. The van der Waals surface area contributed by atoms with Gasteiger partial charge in [0.25, 0.3) is 5.56 Å². The third-order valence-corrected chi connectivity index (χ3v) is 5.89. The molecule has 1 aliphatic rings. The molecule has 0 atom stereocenters. The Hall–Kier alpha value is -4.05. The Morgan fingerprint density at radius 1 is 1.00 bits per heavy atom. The fourth-order valence-electron chi connectivity index (χ4n) is 3.50. The van der Waals surface area contributed by atoms with Gasteiger partial charge in [-0.3, -0.25) is 9.78 Å². The van der Waals surface area contributed by atoms with Crippen molar-refractivity contribution in [2.24, 2.45) is 0 Å². The van der Waals surface area contributed by atoms with Gasteiger partial charge in [-0.1, -0.05) is 47.3 Å². The Kier molecular flexibility index (Phi) is 4.43. The summed E-state index contributed by atoms with van der Waals surface area (Å²) in [7, 11) is 0. The molecule has 0 amide bonds. The van der Waals surface area contributed by atoms with Gasteiger partial charge < -0.3 is 19.0 Å². The van der Waals surface area contributed by atoms with E-state index in [2.05, 4.69) is 25.1 Å². The summed E-state index contributed by atoms with van der Waals surface area (Å²) in [6.07, 6.45) is 1.80. The van der Waals surface area contributed by atoms with Gasteiger partial charge in [0.05, 0.1) is 5.75 Å². The Balaban J connectivity index is 1.24. The third-order valence-electron chi connectivity index (χ3n) is 5.03. The monoisotopic (exact) mass is 445 g/mol. The number of thioether (sulfide) groups is 1. The number of rotatable bonds is 5. The number of aromatic amines is 2. The maximum atomic E-state index is 12.5. The molecule has 0 radical (unpaired) electrons. The largest absolute Gasteiger partial charge is 0.454 e. The number of aromatic nitrogens is 5. The number of hydrogen-bond acceptors (Lipinski definition) is 8. The van der Waals surface area contributed by atoms with Gasteiger partial charge >= 0.3 is 0 Å². The predicted molar refractivity (Wildman–Crippen MR) is 118 cm³/mol. The van der Waals surface area contributed by atoms with Crippen LogP contribution in [0.2, 0.25) is 0 Å². The Morgan fingerprint density at radius 2 is 1.88 bits per heavy atom. The molecule has 0 aliphatic carbocycles. The lowest BCUT2D eigenvalue weighted by Gasteiger charge is -2.01. The molecule has 0 unspecified atom stereocenters. The molecule has 158 valence electrons. The maximum Gasteiger partial charge on any atom is 0.275 e. The van der Waals surface area contributed by atoms with E-state index < -0.39 is 0 Å². The van der Waals surface area contributed by atoms with Crippen LogP contribution >= 0.6 is 11.8 Å². The molecule has 10 heteroatoms. The number of ether oxygens (including phenoxy) is 2. The summed E-state index contributed by atoms with van der Waals surface area (Å²) >= 11 is 1.32. The first kappa shape index (κ1) is 18.7. The van der Waals surface area contributed by atoms with E-state index in [9.17, 15) is 4.79 Å². The average Bonchev–Trinajstić information content (AvgIpc) is 3.57. The van der Waals surface area contributed by atoms with Gasteiger partial charge in [-0.25, -0.2) is 4.98 Å². The summed E-state index contributed by atoms with van der Waals surface area (Å²) in [4.78, 5) is 27.4. The number of nitrogens with one attached hydrogen (secondary N) is 2. The highest BCUT2D eigenvalue weighted by Crippen LogP contribution is 2.35. The Morgan fingerprint density at radius 3 is 2.78 bits per heavy atom. The molecule has 6 rings (SSSR count). The highest BCUT2D eigenvalue weighted by atomic mass is 32.2. The first-order valence-corrected chi connectivity index (χ1v) is 10.8. The van der Waals surface area contributed by atoms with Crippen LogP contribution in [-0.4, -0.2) is 31.9 Å². The predicted octanol–water partition coefficient (Wildman–Crippen LogP) is 3.99. The number of hydrogen-bond donors (Lipinski definition) is 2. The van der Waals surface area contributed by atoms with Gasteiger partial charge in [-0.05, 0) is 23.8 Å². The molecular weight excluding hydrogens is 430 g/mol. The second-order valence-corrected chi connectivity index (χ2v) is 8.00. The number of fused-ring (bicyclic) bond motifs is 2. The summed E-state index contributed by atoms with van der Waals surface area (Å²) in [5, 5.41) is 4.52. The molecule has 2 aromatic carbocycles. The van der Waals surface area contributed by atoms with Crippen molar-refractivity contribution in [1.29, 1.82) is 0 Å². The van der Waals surface area contributed by atoms with E-state index in [-0.39, 0.29) is 12.4 Å². The highest BCUT2D eigenvalue weighted by molar-refractivity contribution is 7.98. The highest BCUT2D eigenvalue weighted by Gasteiger charge is 2.17. The van der Waals surface area contributed by atoms with Crippen molar-refractivity contribution in [3.8, 4) is 34.0 Å². The van der Waals surface area contributed by atoms with Crippen LogP contribution in [0.5, 0.6) is 11.5 Å². The molecule has 0 saturated carbocycles. The summed E-state index contributed by atoms with van der Waals surface area (Å²) < 4.78 is 16.1. The topological polar surface area (TPSA) is 119 Å². The fraction of sp³-hybridized carbons (Fsp3) is 0.0909. The molecule has 5 aromatic rings. The normalized spacial score (nSPS) is 12.5. The molecular formula is C22H15N5O4S. The molecule has 4 heterocycles. The second kappa shape index (κ2) is 7.57. The van der Waals surface area contributed by atoms with Crippen LogP contribution < -0.4 is 15.0 Å². The van der Waals surface area contributed by atoms with Crippen LogP contribution in [0, 0.1) is 0 Å². The van der Waals surface area contributed by atoms with Gasteiger partial charge in [0, 0.05) is 17.3 Å². The molecule has 1 aliphatic heterocycles. The standard InChI is InChI=1S/C22H15N5O4S/c28-21-19-18(14(9-23-19)12-4-2-1-3-5-12)25-22(26-21)32-10-17-24-20(27-31-17)13-6-7-15-16(8-13)30-11-29-15/h1-9,23H,10-11H2,(H,25,26,28). The molecule has 32 heavy (non-hydrogen) atoms. The number of nitrogens with zero attached hydrogens (tertiary/aromatic N) is 3. The zero-order chi connectivity index (χ0) is 21.5. The van der Waals surface area contributed by atoms with Gasteiger partial charge in [0.1, 0.15) is 11.0 Å². The van der Waals surface area contributed by atoms with E-state index in [0.717, 1.165) is 16.7 Å². The molecule has 2 N–H and O–H groups in total. The average molecular weight is 445 g/mol. The number of benzene rings is 2. The quantitative estimate of drug-likeness (QED) is 0.308. The van der Waals surface area contributed by atoms with Gasteiger partial charge in [0.15, 0.2) is 16.7 Å². The Bertz CT molecular complexity index is 1490. The summed E-state index contributed by atoms with van der Waals surface area (Å²) in [6, 6.07) is 15.3. The van der Waals surface area contributed by atoms with E-state index in [1.54, 1.807) is 6.20 Å². The lowest BCUT2D eigenvalue weighted by Crippen LogP contribution is -2.09. The summed E-state index contributed by atoms with van der Waals surface area (Å²) in [5.41, 5.74) is 3.45. The van der Waals surface area contributed by atoms with Gasteiger partial charge in [0.2, 0.25) is 18.5 Å². The van der Waals surface area contributed by atoms with E-state index >= 15 is 0 Å². The first-order valence-electron chi connectivity index (χ1n) is 9.77. The van der Waals surface area contributed by atoms with Crippen molar-refractivity contribution in [1.82, 2.24) is 25.1 Å². The molecule has 0 bridgehead atoms. The molecule has 0 saturated heterocycles. The van der Waals surface area contributed by atoms with Crippen LogP contribution in [0.15, 0.2) is 69.2 Å². The SMILES string of the molecule is O=c1[nH]c(SCc2nc(-c3ccc4c(c3)OCO4)no2)nc2c(-c3ccccc3)c[nH]c12. The van der Waals surface area contributed by atoms with Crippen molar-refractivity contribution in [2.45, 2.75) is 10.9 Å². The van der Waals surface area contributed by atoms with E-state index in [4.69, 9.17) is 14.0 Å². The van der Waals surface area contributed by atoms with E-state index in [1.807, 2.05) is 48.5 Å². The van der Waals surface area contributed by atoms with Crippen molar-refractivity contribution in [3.05, 3.63) is 71.0 Å². The third kappa shape index (κ3) is 3.30. The Labute approximate surface area is 184 Å². The van der Waals surface area contributed by atoms with E-state index in [0.29, 0.717) is 45.2 Å². The zero-order valence-corrected chi connectivity index (χ0v) is 17.3. The minimum atomic E-state index is -0.230. The molecule has 3 aromatic heterocycles. The van der Waals surface area contributed by atoms with Crippen molar-refractivity contribution in [2.75, 3.05) is 6.79 Å². The smallest absolute Gasteiger partial charge is 0.275 e. The van der Waals surface area contributed by atoms with Crippen LogP contribution in [0.4, 0.5) is 0 Å². The zero-order valence-electron chi connectivity index (χ0n) is 16.5. The van der Waals surface area contributed by atoms with Crippen LogP contribution in [-0.2, 0) is 5.75 Å².